The Morgan fingerprint density at radius 2 is 1.93 bits per heavy atom. The molecule has 3 aromatic rings. The number of nitrogens with zero attached hydrogens (tertiary/aromatic N) is 3. The lowest BCUT2D eigenvalue weighted by molar-refractivity contribution is -0.122. The van der Waals surface area contributed by atoms with Crippen LogP contribution in [0.3, 0.4) is 0 Å². The van der Waals surface area contributed by atoms with Gasteiger partial charge in [0.1, 0.15) is 5.75 Å². The highest BCUT2D eigenvalue weighted by atomic mass is 32.2. The molecule has 1 amide bonds. The number of nitrogens with one attached hydrogen (secondary N) is 1. The van der Waals surface area contributed by atoms with Crippen LogP contribution in [0.5, 0.6) is 5.75 Å². The molecule has 0 fully saturated rings. The molecular formula is C19H18N4O4S3. The third kappa shape index (κ3) is 4.42. The van der Waals surface area contributed by atoms with Crippen LogP contribution in [-0.4, -0.2) is 43.4 Å². The molecule has 0 spiro atoms. The zero-order valence-corrected chi connectivity index (χ0v) is 18.3. The molecule has 1 aliphatic heterocycles. The van der Waals surface area contributed by atoms with Crippen LogP contribution in [0.4, 0.5) is 10.8 Å². The second-order valence-corrected chi connectivity index (χ2v) is 10.3. The Kier molecular flexibility index (Phi) is 5.93. The molecule has 0 saturated carbocycles. The Hall–Kier alpha value is -2.63. The van der Waals surface area contributed by atoms with Crippen LogP contribution in [0, 0.1) is 0 Å². The first-order valence-electron chi connectivity index (χ1n) is 8.94. The van der Waals surface area contributed by atoms with E-state index in [1.54, 1.807) is 48.5 Å². The molecule has 0 saturated heterocycles. The molecule has 0 bridgehead atoms. The van der Waals surface area contributed by atoms with Gasteiger partial charge >= 0.3 is 0 Å². The maximum atomic E-state index is 13.2. The van der Waals surface area contributed by atoms with Crippen molar-refractivity contribution in [2.75, 3.05) is 22.4 Å². The van der Waals surface area contributed by atoms with Crippen molar-refractivity contribution >= 4 is 49.8 Å². The Balaban J connectivity index is 1.59. The molecule has 8 nitrogen and oxygen atoms in total. The topological polar surface area (TPSA) is 101 Å². The fraction of sp³-hybridized carbons (Fsp3) is 0.211. The number of carbonyl (C=O) groups excluding carboxylic acids is 1. The number of sulfonamides is 1. The van der Waals surface area contributed by atoms with Crippen LogP contribution in [-0.2, 0) is 20.6 Å². The third-order valence-corrected chi connectivity index (χ3v) is 7.90. The van der Waals surface area contributed by atoms with Gasteiger partial charge in [0, 0.05) is 0 Å². The Morgan fingerprint density at radius 1 is 1.20 bits per heavy atom. The van der Waals surface area contributed by atoms with E-state index >= 15 is 0 Å². The quantitative estimate of drug-likeness (QED) is 0.444. The molecule has 1 atom stereocenters. The SMILES string of the molecule is CSc1nnc(NC(=O)[C@@H]2CN(S(=O)(=O)Cc3ccccc3)c3ccccc3O2)s1. The summed E-state index contributed by atoms with van der Waals surface area (Å²) in [6.45, 7) is -0.133. The van der Waals surface area contributed by atoms with Crippen LogP contribution in [0.15, 0.2) is 58.9 Å². The number of benzene rings is 2. The van der Waals surface area contributed by atoms with Crippen molar-refractivity contribution in [1.82, 2.24) is 10.2 Å². The summed E-state index contributed by atoms with van der Waals surface area (Å²) in [5, 5.41) is 10.9. The van der Waals surface area contributed by atoms with E-state index in [0.29, 0.717) is 26.5 Å². The van der Waals surface area contributed by atoms with Crippen LogP contribution in [0.2, 0.25) is 0 Å². The van der Waals surface area contributed by atoms with Crippen molar-refractivity contribution in [3.63, 3.8) is 0 Å². The lowest BCUT2D eigenvalue weighted by Crippen LogP contribution is -2.49. The molecule has 1 N–H and O–H groups in total. The van der Waals surface area contributed by atoms with Gasteiger partial charge in [-0.3, -0.25) is 14.4 Å². The molecule has 1 aromatic heterocycles. The van der Waals surface area contributed by atoms with Crippen molar-refractivity contribution in [3.8, 4) is 5.75 Å². The summed E-state index contributed by atoms with van der Waals surface area (Å²) in [5.41, 5.74) is 1.08. The highest BCUT2D eigenvalue weighted by Gasteiger charge is 2.37. The molecule has 156 valence electrons. The second kappa shape index (κ2) is 8.62. The number of rotatable bonds is 6. The number of thioether (sulfide) groups is 1. The Morgan fingerprint density at radius 3 is 2.67 bits per heavy atom. The van der Waals surface area contributed by atoms with Crippen molar-refractivity contribution < 1.29 is 17.9 Å². The summed E-state index contributed by atoms with van der Waals surface area (Å²) < 4.78 is 34.2. The molecule has 0 radical (unpaired) electrons. The van der Waals surface area contributed by atoms with Crippen LogP contribution >= 0.6 is 23.1 Å². The van der Waals surface area contributed by atoms with Crippen molar-refractivity contribution in [1.29, 1.82) is 0 Å². The molecule has 4 rings (SSSR count). The number of carbonyl (C=O) groups is 1. The predicted octanol–water partition coefficient (Wildman–Crippen LogP) is 3.00. The summed E-state index contributed by atoms with van der Waals surface area (Å²) in [4.78, 5) is 12.8. The lowest BCUT2D eigenvalue weighted by Gasteiger charge is -2.34. The number of para-hydroxylation sites is 2. The van der Waals surface area contributed by atoms with Crippen molar-refractivity contribution in [2.45, 2.75) is 16.2 Å². The summed E-state index contributed by atoms with van der Waals surface area (Å²) >= 11 is 2.66. The van der Waals surface area contributed by atoms with E-state index in [1.807, 2.05) is 12.3 Å². The van der Waals surface area contributed by atoms with Gasteiger partial charge in [0.05, 0.1) is 18.0 Å². The lowest BCUT2D eigenvalue weighted by atomic mass is 10.2. The van der Waals surface area contributed by atoms with Crippen LogP contribution in [0.25, 0.3) is 0 Å². The number of hydrogen-bond acceptors (Lipinski definition) is 8. The monoisotopic (exact) mass is 462 g/mol. The number of fused-ring (bicyclic) bond motifs is 1. The molecular weight excluding hydrogens is 444 g/mol. The van der Waals surface area contributed by atoms with E-state index in [-0.39, 0.29) is 12.3 Å². The summed E-state index contributed by atoms with van der Waals surface area (Å²) in [7, 11) is -3.74. The smallest absolute Gasteiger partial charge is 0.269 e. The largest absolute Gasteiger partial charge is 0.476 e. The minimum Gasteiger partial charge on any atom is -0.476 e. The summed E-state index contributed by atoms with van der Waals surface area (Å²) in [5.74, 6) is -0.319. The Bertz CT molecular complexity index is 1150. The standard InChI is InChI=1S/C19H18N4O4S3/c1-28-19-22-21-18(29-19)20-17(24)16-11-23(14-9-5-6-10-15(14)27-16)30(25,26)12-13-7-3-2-4-8-13/h2-10,16H,11-12H2,1H3,(H,20,21,24)/t16-/m0/s1. The van der Waals surface area contributed by atoms with E-state index in [4.69, 9.17) is 4.74 Å². The molecule has 2 heterocycles. The third-order valence-electron chi connectivity index (χ3n) is 4.37. The maximum Gasteiger partial charge on any atom is 0.269 e. The fourth-order valence-electron chi connectivity index (χ4n) is 2.99. The number of ether oxygens (including phenoxy) is 1. The summed E-state index contributed by atoms with van der Waals surface area (Å²) in [6.07, 6.45) is 0.843. The van der Waals surface area contributed by atoms with Gasteiger partial charge in [-0.15, -0.1) is 10.2 Å². The average Bonchev–Trinajstić information content (AvgIpc) is 3.21. The average molecular weight is 463 g/mol. The summed E-state index contributed by atoms with van der Waals surface area (Å²) in [6, 6.07) is 15.7. The van der Waals surface area contributed by atoms with E-state index in [2.05, 4.69) is 15.5 Å². The van der Waals surface area contributed by atoms with Gasteiger partial charge in [-0.1, -0.05) is 65.6 Å². The molecule has 30 heavy (non-hydrogen) atoms. The van der Waals surface area contributed by atoms with Gasteiger partial charge in [-0.05, 0) is 24.0 Å². The number of anilines is 2. The van der Waals surface area contributed by atoms with Gasteiger partial charge in [0.25, 0.3) is 5.91 Å². The van der Waals surface area contributed by atoms with Crippen LogP contribution < -0.4 is 14.4 Å². The number of hydrogen-bond donors (Lipinski definition) is 1. The molecule has 0 aliphatic carbocycles. The van der Waals surface area contributed by atoms with Crippen LogP contribution in [0.1, 0.15) is 5.56 Å². The van der Waals surface area contributed by atoms with Gasteiger partial charge in [0.15, 0.2) is 10.4 Å². The van der Waals surface area contributed by atoms with Gasteiger partial charge in [-0.25, -0.2) is 8.42 Å². The minimum absolute atomic E-state index is 0.133. The van der Waals surface area contributed by atoms with E-state index in [0.717, 1.165) is 0 Å². The van der Waals surface area contributed by atoms with E-state index in [1.165, 1.54) is 27.4 Å². The number of aromatic nitrogens is 2. The molecule has 11 heteroatoms. The van der Waals surface area contributed by atoms with E-state index in [9.17, 15) is 13.2 Å². The zero-order chi connectivity index (χ0) is 21.1. The fourth-order valence-corrected chi connectivity index (χ4v) is 5.75. The van der Waals surface area contributed by atoms with Gasteiger partial charge in [-0.2, -0.15) is 0 Å². The normalized spacial score (nSPS) is 15.9. The molecule has 1 aliphatic rings. The first-order valence-corrected chi connectivity index (χ1v) is 12.6. The predicted molar refractivity (Wildman–Crippen MR) is 118 cm³/mol. The maximum absolute atomic E-state index is 13.2. The first kappa shape index (κ1) is 20.6. The van der Waals surface area contributed by atoms with Gasteiger partial charge < -0.3 is 4.74 Å². The Labute approximate surface area is 182 Å². The minimum atomic E-state index is -3.74. The second-order valence-electron chi connectivity index (χ2n) is 6.41. The molecule has 2 aromatic carbocycles. The highest BCUT2D eigenvalue weighted by molar-refractivity contribution is 8.00. The zero-order valence-electron chi connectivity index (χ0n) is 15.9. The van der Waals surface area contributed by atoms with Gasteiger partial charge in [0.2, 0.25) is 15.2 Å². The first-order chi connectivity index (χ1) is 14.5. The van der Waals surface area contributed by atoms with Crippen molar-refractivity contribution in [2.24, 2.45) is 0 Å². The molecule has 0 unspecified atom stereocenters. The number of amides is 1. The van der Waals surface area contributed by atoms with Crippen molar-refractivity contribution in [3.05, 3.63) is 60.2 Å². The van der Waals surface area contributed by atoms with E-state index < -0.39 is 22.0 Å². The highest BCUT2D eigenvalue weighted by Crippen LogP contribution is 2.36.